The van der Waals surface area contributed by atoms with E-state index >= 15 is 0 Å². The lowest BCUT2D eigenvalue weighted by Crippen LogP contribution is -1.98. The summed E-state index contributed by atoms with van der Waals surface area (Å²) in [5.74, 6) is 0.814. The molecule has 0 saturated carbocycles. The first-order chi connectivity index (χ1) is 5.52. The van der Waals surface area contributed by atoms with Crippen LogP contribution in [0.3, 0.4) is 0 Å². The third kappa shape index (κ3) is 1.71. The van der Waals surface area contributed by atoms with E-state index in [9.17, 15) is 0 Å². The van der Waals surface area contributed by atoms with Crippen molar-refractivity contribution in [2.45, 2.75) is 40.5 Å². The third-order valence-electron chi connectivity index (χ3n) is 2.77. The van der Waals surface area contributed by atoms with Gasteiger partial charge in [-0.2, -0.15) is 0 Å². The van der Waals surface area contributed by atoms with E-state index in [0.717, 1.165) is 11.6 Å². The van der Waals surface area contributed by atoms with Gasteiger partial charge in [0.05, 0.1) is 0 Å². The Kier molecular flexibility index (Phi) is 2.61. The predicted molar refractivity (Wildman–Crippen MR) is 53.7 cm³/mol. The topological polar surface area (TPSA) is 26.0 Å². The van der Waals surface area contributed by atoms with Crippen molar-refractivity contribution in [2.24, 2.45) is 11.7 Å². The Morgan fingerprint density at radius 3 is 2.25 bits per heavy atom. The highest BCUT2D eigenvalue weighted by Gasteiger charge is 2.19. The van der Waals surface area contributed by atoms with Crippen LogP contribution in [0.15, 0.2) is 22.4 Å². The molecule has 0 aromatic heterocycles. The van der Waals surface area contributed by atoms with Crippen LogP contribution < -0.4 is 5.73 Å². The Bertz CT molecular complexity index is 242. The van der Waals surface area contributed by atoms with E-state index in [0.29, 0.717) is 0 Å². The van der Waals surface area contributed by atoms with E-state index in [1.807, 2.05) is 6.92 Å². The monoisotopic (exact) mass is 165 g/mol. The lowest BCUT2D eigenvalue weighted by molar-refractivity contribution is 0.621. The van der Waals surface area contributed by atoms with E-state index in [2.05, 4.69) is 20.8 Å². The van der Waals surface area contributed by atoms with Gasteiger partial charge in [0, 0.05) is 5.70 Å². The van der Waals surface area contributed by atoms with Gasteiger partial charge in [-0.15, -0.1) is 0 Å². The summed E-state index contributed by atoms with van der Waals surface area (Å²) in [6.07, 6.45) is 2.46. The lowest BCUT2D eigenvalue weighted by atomic mass is 10.0. The molecule has 1 atom stereocenters. The second kappa shape index (κ2) is 3.34. The van der Waals surface area contributed by atoms with Gasteiger partial charge >= 0.3 is 0 Å². The zero-order chi connectivity index (χ0) is 9.30. The summed E-state index contributed by atoms with van der Waals surface area (Å²) < 4.78 is 0. The Morgan fingerprint density at radius 2 is 1.92 bits per heavy atom. The van der Waals surface area contributed by atoms with Crippen LogP contribution in [-0.4, -0.2) is 0 Å². The first-order valence-electron chi connectivity index (χ1n) is 4.64. The number of rotatable bonds is 1. The minimum atomic E-state index is 0.814. The zero-order valence-corrected chi connectivity index (χ0v) is 8.57. The van der Waals surface area contributed by atoms with Crippen molar-refractivity contribution in [3.05, 3.63) is 22.4 Å². The lowest BCUT2D eigenvalue weighted by Gasteiger charge is -2.06. The van der Waals surface area contributed by atoms with Gasteiger partial charge in [0.1, 0.15) is 0 Å². The molecule has 0 amide bonds. The summed E-state index contributed by atoms with van der Waals surface area (Å²) in [7, 11) is 0. The van der Waals surface area contributed by atoms with Crippen LogP contribution in [0.1, 0.15) is 40.5 Å². The van der Waals surface area contributed by atoms with Crippen LogP contribution in [0.2, 0.25) is 0 Å². The van der Waals surface area contributed by atoms with E-state index in [1.165, 1.54) is 29.6 Å². The van der Waals surface area contributed by atoms with Gasteiger partial charge in [-0.3, -0.25) is 0 Å². The number of hydrogen-bond donors (Lipinski definition) is 1. The molecule has 1 heteroatoms. The van der Waals surface area contributed by atoms with Crippen LogP contribution in [-0.2, 0) is 0 Å². The first kappa shape index (κ1) is 9.37. The molecule has 1 rings (SSSR count). The SMILES string of the molecule is CC1=C(/C(C)=C(\C)N)CC(C)C1. The molecular weight excluding hydrogens is 146 g/mol. The molecule has 1 aliphatic rings. The fourth-order valence-electron chi connectivity index (χ4n) is 1.95. The van der Waals surface area contributed by atoms with Gasteiger partial charge < -0.3 is 5.73 Å². The normalized spacial score (nSPS) is 26.2. The molecule has 0 aromatic carbocycles. The Labute approximate surface area is 75.3 Å². The maximum atomic E-state index is 5.77. The molecule has 12 heavy (non-hydrogen) atoms. The summed E-state index contributed by atoms with van der Waals surface area (Å²) in [4.78, 5) is 0. The van der Waals surface area contributed by atoms with Crippen molar-refractivity contribution in [2.75, 3.05) is 0 Å². The molecule has 0 heterocycles. The van der Waals surface area contributed by atoms with E-state index in [1.54, 1.807) is 0 Å². The second-order valence-electron chi connectivity index (χ2n) is 4.08. The molecule has 0 radical (unpaired) electrons. The third-order valence-corrected chi connectivity index (χ3v) is 2.77. The van der Waals surface area contributed by atoms with Crippen LogP contribution in [0.25, 0.3) is 0 Å². The maximum absolute atomic E-state index is 5.77. The summed E-state index contributed by atoms with van der Waals surface area (Å²) >= 11 is 0. The fourth-order valence-corrected chi connectivity index (χ4v) is 1.95. The number of allylic oxidation sites excluding steroid dienone is 4. The van der Waals surface area contributed by atoms with Gasteiger partial charge in [-0.25, -0.2) is 0 Å². The summed E-state index contributed by atoms with van der Waals surface area (Å²) in [6, 6.07) is 0. The Hall–Kier alpha value is -0.720. The summed E-state index contributed by atoms with van der Waals surface area (Å²) in [6.45, 7) is 8.64. The molecule has 1 nitrogen and oxygen atoms in total. The quantitative estimate of drug-likeness (QED) is 0.635. The highest BCUT2D eigenvalue weighted by atomic mass is 14.6. The van der Waals surface area contributed by atoms with Gasteiger partial charge in [0.15, 0.2) is 0 Å². The zero-order valence-electron chi connectivity index (χ0n) is 8.57. The second-order valence-corrected chi connectivity index (χ2v) is 4.08. The summed E-state index contributed by atoms with van der Waals surface area (Å²) in [5, 5.41) is 0. The smallest absolute Gasteiger partial charge is 0.00813 e. The Balaban J connectivity index is 2.90. The highest BCUT2D eigenvalue weighted by molar-refractivity contribution is 5.38. The molecule has 1 unspecified atom stereocenters. The Morgan fingerprint density at radius 1 is 1.33 bits per heavy atom. The van der Waals surface area contributed by atoms with E-state index < -0.39 is 0 Å². The van der Waals surface area contributed by atoms with Crippen molar-refractivity contribution in [1.82, 2.24) is 0 Å². The average molecular weight is 165 g/mol. The molecule has 0 fully saturated rings. The minimum absolute atomic E-state index is 0.814. The van der Waals surface area contributed by atoms with Gasteiger partial charge in [0.25, 0.3) is 0 Å². The van der Waals surface area contributed by atoms with Crippen LogP contribution in [0, 0.1) is 5.92 Å². The molecule has 68 valence electrons. The first-order valence-corrected chi connectivity index (χ1v) is 4.64. The van der Waals surface area contributed by atoms with Gasteiger partial charge in [0.2, 0.25) is 0 Å². The highest BCUT2D eigenvalue weighted by Crippen LogP contribution is 2.35. The number of nitrogens with two attached hydrogens (primary N) is 1. The van der Waals surface area contributed by atoms with Crippen molar-refractivity contribution >= 4 is 0 Å². The van der Waals surface area contributed by atoms with Crippen molar-refractivity contribution < 1.29 is 0 Å². The van der Waals surface area contributed by atoms with Crippen molar-refractivity contribution in [1.29, 1.82) is 0 Å². The van der Waals surface area contributed by atoms with Crippen LogP contribution in [0.5, 0.6) is 0 Å². The molecule has 2 N–H and O–H groups in total. The van der Waals surface area contributed by atoms with Crippen LogP contribution >= 0.6 is 0 Å². The molecular formula is C11H19N. The van der Waals surface area contributed by atoms with E-state index in [4.69, 9.17) is 5.73 Å². The maximum Gasteiger partial charge on any atom is 0.00813 e. The van der Waals surface area contributed by atoms with Gasteiger partial charge in [-0.05, 0) is 50.7 Å². The van der Waals surface area contributed by atoms with Crippen LogP contribution in [0.4, 0.5) is 0 Å². The standard InChI is InChI=1S/C11H19N/c1-7-5-8(2)11(6-7)9(3)10(4)12/h7H,5-6,12H2,1-4H3/b10-9+. The van der Waals surface area contributed by atoms with Gasteiger partial charge in [-0.1, -0.05) is 12.5 Å². The molecule has 0 aliphatic heterocycles. The van der Waals surface area contributed by atoms with E-state index in [-0.39, 0.29) is 0 Å². The summed E-state index contributed by atoms with van der Waals surface area (Å²) in [5.41, 5.74) is 11.1. The predicted octanol–water partition coefficient (Wildman–Crippen LogP) is 2.99. The molecule has 0 saturated heterocycles. The average Bonchev–Trinajstić information content (AvgIpc) is 2.28. The molecule has 0 spiro atoms. The van der Waals surface area contributed by atoms with Crippen molar-refractivity contribution in [3.8, 4) is 0 Å². The number of hydrogen-bond acceptors (Lipinski definition) is 1. The molecule has 1 aliphatic carbocycles. The van der Waals surface area contributed by atoms with Crippen molar-refractivity contribution in [3.63, 3.8) is 0 Å². The fraction of sp³-hybridized carbons (Fsp3) is 0.636. The largest absolute Gasteiger partial charge is 0.402 e. The molecule has 0 bridgehead atoms. The molecule has 0 aromatic rings. The minimum Gasteiger partial charge on any atom is -0.402 e.